The number of hydrogen-bond acceptors (Lipinski definition) is 4. The van der Waals surface area contributed by atoms with Gasteiger partial charge in [-0.15, -0.1) is 0 Å². The van der Waals surface area contributed by atoms with Crippen molar-refractivity contribution in [2.45, 2.75) is 19.4 Å². The second-order valence-electron chi connectivity index (χ2n) is 4.67. The van der Waals surface area contributed by atoms with Crippen LogP contribution in [0.1, 0.15) is 13.3 Å². The van der Waals surface area contributed by atoms with Crippen molar-refractivity contribution in [3.05, 3.63) is 24.3 Å². The lowest BCUT2D eigenvalue weighted by atomic mass is 10.0. The number of hydrogen-bond donors (Lipinski definition) is 2. The first-order valence-corrected chi connectivity index (χ1v) is 6.43. The van der Waals surface area contributed by atoms with Crippen molar-refractivity contribution >= 4 is 17.6 Å². The summed E-state index contributed by atoms with van der Waals surface area (Å²) in [6.07, 6.45) is 0.629. The number of carboxylic acids is 1. The van der Waals surface area contributed by atoms with Crippen molar-refractivity contribution in [2.24, 2.45) is 5.92 Å². The van der Waals surface area contributed by atoms with Crippen molar-refractivity contribution in [1.29, 1.82) is 0 Å². The average Bonchev–Trinajstić information content (AvgIpc) is 2.83. The molecular weight excluding hydrogens is 262 g/mol. The Morgan fingerprint density at radius 2 is 2.30 bits per heavy atom. The van der Waals surface area contributed by atoms with E-state index in [4.69, 9.17) is 14.6 Å². The molecule has 0 aromatic heterocycles. The highest BCUT2D eigenvalue weighted by atomic mass is 16.5. The smallest absolute Gasteiger partial charge is 0.341 e. The molecule has 6 nitrogen and oxygen atoms in total. The summed E-state index contributed by atoms with van der Waals surface area (Å²) in [6, 6.07) is 6.66. The number of nitrogens with one attached hydrogen (secondary N) is 1. The highest BCUT2D eigenvalue weighted by Crippen LogP contribution is 2.23. The number of benzene rings is 1. The third kappa shape index (κ3) is 3.71. The van der Waals surface area contributed by atoms with E-state index >= 15 is 0 Å². The van der Waals surface area contributed by atoms with Crippen LogP contribution in [0.5, 0.6) is 5.75 Å². The zero-order valence-electron chi connectivity index (χ0n) is 11.2. The topological polar surface area (TPSA) is 84.9 Å². The fourth-order valence-corrected chi connectivity index (χ4v) is 2.12. The van der Waals surface area contributed by atoms with E-state index in [0.29, 0.717) is 24.5 Å². The standard InChI is InChI=1S/C14H17NO5/c1-9-12(5-6-19-9)14(18)15-10-3-2-4-11(7-10)20-8-13(16)17/h2-4,7,9,12H,5-6,8H2,1H3,(H,15,18)(H,16,17). The predicted octanol–water partition coefficient (Wildman–Crippen LogP) is 1.51. The lowest BCUT2D eigenvalue weighted by molar-refractivity contribution is -0.139. The molecule has 0 radical (unpaired) electrons. The summed E-state index contributed by atoms with van der Waals surface area (Å²) in [5.74, 6) is -0.888. The molecule has 1 aromatic rings. The van der Waals surface area contributed by atoms with E-state index in [2.05, 4.69) is 5.32 Å². The molecule has 1 aliphatic heterocycles. The van der Waals surface area contributed by atoms with E-state index < -0.39 is 12.6 Å². The molecule has 20 heavy (non-hydrogen) atoms. The van der Waals surface area contributed by atoms with Crippen LogP contribution in [0, 0.1) is 5.92 Å². The number of aliphatic carboxylic acids is 1. The molecule has 2 rings (SSSR count). The van der Waals surface area contributed by atoms with Gasteiger partial charge in [0.15, 0.2) is 6.61 Å². The van der Waals surface area contributed by atoms with Crippen LogP contribution in [0.4, 0.5) is 5.69 Å². The highest BCUT2D eigenvalue weighted by molar-refractivity contribution is 5.93. The maximum Gasteiger partial charge on any atom is 0.341 e. The van der Waals surface area contributed by atoms with E-state index in [1.54, 1.807) is 24.3 Å². The predicted molar refractivity (Wildman–Crippen MR) is 71.7 cm³/mol. The summed E-state index contributed by atoms with van der Waals surface area (Å²) in [5, 5.41) is 11.3. The van der Waals surface area contributed by atoms with Crippen molar-refractivity contribution in [3.8, 4) is 5.75 Å². The van der Waals surface area contributed by atoms with Crippen molar-refractivity contribution in [2.75, 3.05) is 18.5 Å². The number of carboxylic acid groups (broad SMARTS) is 1. The van der Waals surface area contributed by atoms with Crippen LogP contribution in [0.3, 0.4) is 0 Å². The average molecular weight is 279 g/mol. The van der Waals surface area contributed by atoms with Crippen LogP contribution in [-0.4, -0.2) is 36.3 Å². The number of carbonyl (C=O) groups excluding carboxylic acids is 1. The van der Waals surface area contributed by atoms with E-state index in [0.717, 1.165) is 0 Å². The minimum Gasteiger partial charge on any atom is -0.482 e. The van der Waals surface area contributed by atoms with Gasteiger partial charge in [0.2, 0.25) is 5.91 Å². The van der Waals surface area contributed by atoms with Crippen LogP contribution >= 0.6 is 0 Å². The Kier molecular flexibility index (Phi) is 4.57. The summed E-state index contributed by atoms with van der Waals surface area (Å²) in [7, 11) is 0. The molecule has 0 bridgehead atoms. The third-order valence-corrected chi connectivity index (χ3v) is 3.18. The first kappa shape index (κ1) is 14.3. The number of anilines is 1. The molecule has 2 N–H and O–H groups in total. The van der Waals surface area contributed by atoms with E-state index in [1.807, 2.05) is 6.92 Å². The molecule has 1 amide bonds. The Bertz CT molecular complexity index is 502. The highest BCUT2D eigenvalue weighted by Gasteiger charge is 2.30. The second-order valence-corrected chi connectivity index (χ2v) is 4.67. The maximum atomic E-state index is 12.1. The van der Waals surface area contributed by atoms with Gasteiger partial charge in [-0.05, 0) is 25.5 Å². The van der Waals surface area contributed by atoms with Crippen molar-refractivity contribution < 1.29 is 24.2 Å². The minimum absolute atomic E-state index is 0.0820. The molecule has 1 saturated heterocycles. The van der Waals surface area contributed by atoms with Gasteiger partial charge in [0.25, 0.3) is 0 Å². The molecular formula is C14H17NO5. The Labute approximate surface area is 116 Å². The Hall–Kier alpha value is -2.08. The van der Waals surface area contributed by atoms with Crippen LogP contribution in [-0.2, 0) is 14.3 Å². The minimum atomic E-state index is -1.05. The lowest BCUT2D eigenvalue weighted by Gasteiger charge is -2.14. The molecule has 1 heterocycles. The fraction of sp³-hybridized carbons (Fsp3) is 0.429. The van der Waals surface area contributed by atoms with Gasteiger partial charge in [0.05, 0.1) is 12.0 Å². The summed E-state index contributed by atoms with van der Waals surface area (Å²) >= 11 is 0. The first-order valence-electron chi connectivity index (χ1n) is 6.43. The zero-order chi connectivity index (χ0) is 14.5. The lowest BCUT2D eigenvalue weighted by Crippen LogP contribution is -2.27. The van der Waals surface area contributed by atoms with E-state index in [1.165, 1.54) is 0 Å². The van der Waals surface area contributed by atoms with Gasteiger partial charge in [0, 0.05) is 18.4 Å². The van der Waals surface area contributed by atoms with Gasteiger partial charge >= 0.3 is 5.97 Å². The Morgan fingerprint density at radius 1 is 1.50 bits per heavy atom. The van der Waals surface area contributed by atoms with Gasteiger partial charge in [-0.3, -0.25) is 4.79 Å². The van der Waals surface area contributed by atoms with Gasteiger partial charge in [-0.2, -0.15) is 0 Å². The number of amides is 1. The summed E-state index contributed by atoms with van der Waals surface area (Å²) < 4.78 is 10.4. The largest absolute Gasteiger partial charge is 0.482 e. The molecule has 0 aliphatic carbocycles. The molecule has 2 unspecified atom stereocenters. The summed E-state index contributed by atoms with van der Waals surface area (Å²) in [4.78, 5) is 22.5. The van der Waals surface area contributed by atoms with Crippen LogP contribution in [0.15, 0.2) is 24.3 Å². The monoisotopic (exact) mass is 279 g/mol. The molecule has 1 aromatic carbocycles. The normalized spacial score (nSPS) is 21.4. The second kappa shape index (κ2) is 6.38. The summed E-state index contributed by atoms with van der Waals surface area (Å²) in [6.45, 7) is 2.07. The Morgan fingerprint density at radius 3 is 2.95 bits per heavy atom. The van der Waals surface area contributed by atoms with Crippen LogP contribution in [0.25, 0.3) is 0 Å². The van der Waals surface area contributed by atoms with Gasteiger partial charge < -0.3 is 19.9 Å². The fourth-order valence-electron chi connectivity index (χ4n) is 2.12. The number of carbonyl (C=O) groups is 2. The SMILES string of the molecule is CC1OCCC1C(=O)Nc1cccc(OCC(=O)O)c1. The summed E-state index contributed by atoms with van der Waals surface area (Å²) in [5.41, 5.74) is 0.581. The zero-order valence-corrected chi connectivity index (χ0v) is 11.2. The van der Waals surface area contributed by atoms with E-state index in [-0.39, 0.29) is 17.9 Å². The molecule has 6 heteroatoms. The molecule has 1 aliphatic rings. The number of rotatable bonds is 5. The third-order valence-electron chi connectivity index (χ3n) is 3.18. The van der Waals surface area contributed by atoms with Gasteiger partial charge in [-0.1, -0.05) is 6.07 Å². The molecule has 108 valence electrons. The van der Waals surface area contributed by atoms with Crippen molar-refractivity contribution in [1.82, 2.24) is 0 Å². The molecule has 0 saturated carbocycles. The van der Waals surface area contributed by atoms with Gasteiger partial charge in [0.1, 0.15) is 5.75 Å². The van der Waals surface area contributed by atoms with Crippen LogP contribution < -0.4 is 10.1 Å². The van der Waals surface area contributed by atoms with Crippen LogP contribution in [0.2, 0.25) is 0 Å². The van der Waals surface area contributed by atoms with E-state index in [9.17, 15) is 9.59 Å². The quantitative estimate of drug-likeness (QED) is 0.853. The maximum absolute atomic E-state index is 12.1. The first-order chi connectivity index (χ1) is 9.56. The molecule has 2 atom stereocenters. The van der Waals surface area contributed by atoms with Gasteiger partial charge in [-0.25, -0.2) is 4.79 Å². The molecule has 0 spiro atoms. The Balaban J connectivity index is 1.96. The van der Waals surface area contributed by atoms with Crippen molar-refractivity contribution in [3.63, 3.8) is 0 Å². The molecule has 1 fully saturated rings. The number of ether oxygens (including phenoxy) is 2.